The topological polar surface area (TPSA) is 120 Å². The van der Waals surface area contributed by atoms with Crippen molar-refractivity contribution in [3.63, 3.8) is 0 Å². The number of rotatable bonds is 9. The maximum Gasteiger partial charge on any atom is 0.414 e. The lowest BCUT2D eigenvalue weighted by Gasteiger charge is -2.24. The van der Waals surface area contributed by atoms with E-state index in [1.165, 1.54) is 29.2 Å². The van der Waals surface area contributed by atoms with Crippen LogP contribution in [0.3, 0.4) is 0 Å². The van der Waals surface area contributed by atoms with E-state index in [4.69, 9.17) is 9.26 Å². The Morgan fingerprint density at radius 2 is 2.14 bits per heavy atom. The number of cyclic esters (lactones) is 1. The normalized spacial score (nSPS) is 18.5. The SMILES string of the molecule is CC(=O)CC[C@H]1CN(c2ccc(N3CCNN(C(=O)CNCc4cnoc4)CC3)c(F)c2)C(=O)O1. The van der Waals surface area contributed by atoms with Gasteiger partial charge in [-0.3, -0.25) is 14.7 Å². The lowest BCUT2D eigenvalue weighted by atomic mass is 10.1. The highest BCUT2D eigenvalue weighted by Gasteiger charge is 2.33. The molecule has 11 nitrogen and oxygen atoms in total. The van der Waals surface area contributed by atoms with Gasteiger partial charge in [0.1, 0.15) is 24.0 Å². The summed E-state index contributed by atoms with van der Waals surface area (Å²) in [6, 6.07) is 4.64. The molecule has 4 rings (SSSR count). The predicted molar refractivity (Wildman–Crippen MR) is 124 cm³/mol. The first-order chi connectivity index (χ1) is 16.9. The number of ketones is 1. The summed E-state index contributed by atoms with van der Waals surface area (Å²) in [6.07, 6.45) is 2.94. The van der Waals surface area contributed by atoms with Crippen molar-refractivity contribution in [1.29, 1.82) is 0 Å². The summed E-state index contributed by atoms with van der Waals surface area (Å²) in [7, 11) is 0. The second-order valence-electron chi connectivity index (χ2n) is 8.57. The van der Waals surface area contributed by atoms with Gasteiger partial charge in [0.15, 0.2) is 0 Å². The van der Waals surface area contributed by atoms with Gasteiger partial charge in [-0.1, -0.05) is 5.16 Å². The van der Waals surface area contributed by atoms with E-state index in [0.29, 0.717) is 56.9 Å². The molecule has 0 radical (unpaired) electrons. The number of carbonyl (C=O) groups is 3. The molecule has 2 fully saturated rings. The van der Waals surface area contributed by atoms with E-state index in [9.17, 15) is 14.4 Å². The number of ether oxygens (including phenoxy) is 1. The number of aromatic nitrogens is 1. The summed E-state index contributed by atoms with van der Waals surface area (Å²) in [6.45, 7) is 4.18. The van der Waals surface area contributed by atoms with E-state index in [2.05, 4.69) is 15.9 Å². The summed E-state index contributed by atoms with van der Waals surface area (Å²) < 4.78 is 25.1. The molecule has 2 saturated heterocycles. The van der Waals surface area contributed by atoms with Crippen LogP contribution >= 0.6 is 0 Å². The third kappa shape index (κ3) is 6.34. The third-order valence-corrected chi connectivity index (χ3v) is 5.94. The molecule has 12 heteroatoms. The number of nitrogens with zero attached hydrogens (tertiary/aromatic N) is 4. The Balaban J connectivity index is 1.31. The number of hydrazine groups is 1. The van der Waals surface area contributed by atoms with Crippen LogP contribution in [0.25, 0.3) is 0 Å². The number of carbonyl (C=O) groups excluding carboxylic acids is 3. The molecular weight excluding hydrogens is 459 g/mol. The minimum Gasteiger partial charge on any atom is -0.444 e. The van der Waals surface area contributed by atoms with Crippen LogP contribution in [0.5, 0.6) is 0 Å². The first-order valence-corrected chi connectivity index (χ1v) is 11.6. The molecule has 2 aliphatic heterocycles. The van der Waals surface area contributed by atoms with Crippen LogP contribution in [0.1, 0.15) is 25.3 Å². The molecule has 2 aliphatic rings. The molecule has 2 amide bonds. The van der Waals surface area contributed by atoms with Crippen molar-refractivity contribution in [1.82, 2.24) is 20.9 Å². The van der Waals surface area contributed by atoms with Gasteiger partial charge in [-0.2, -0.15) is 0 Å². The van der Waals surface area contributed by atoms with E-state index >= 15 is 4.39 Å². The van der Waals surface area contributed by atoms with Gasteiger partial charge in [-0.25, -0.2) is 14.6 Å². The van der Waals surface area contributed by atoms with Gasteiger partial charge in [0, 0.05) is 38.2 Å². The number of nitrogens with one attached hydrogen (secondary N) is 2. The zero-order chi connectivity index (χ0) is 24.8. The molecule has 1 atom stereocenters. The minimum atomic E-state index is -0.545. The van der Waals surface area contributed by atoms with Crippen molar-refractivity contribution in [2.45, 2.75) is 32.4 Å². The summed E-state index contributed by atoms with van der Waals surface area (Å²) >= 11 is 0. The fourth-order valence-corrected chi connectivity index (χ4v) is 4.08. The molecule has 188 valence electrons. The van der Waals surface area contributed by atoms with Crippen LogP contribution in [-0.2, 0) is 20.9 Å². The average Bonchev–Trinajstić information content (AvgIpc) is 3.40. The van der Waals surface area contributed by atoms with Crippen molar-refractivity contribution >= 4 is 29.2 Å². The molecule has 2 N–H and O–H groups in total. The number of hydrogen-bond acceptors (Lipinski definition) is 9. The average molecular weight is 489 g/mol. The molecule has 0 spiro atoms. The molecule has 3 heterocycles. The minimum absolute atomic E-state index is 0.0326. The monoisotopic (exact) mass is 488 g/mol. The fourth-order valence-electron chi connectivity index (χ4n) is 4.08. The van der Waals surface area contributed by atoms with Crippen LogP contribution in [0.15, 0.2) is 35.2 Å². The van der Waals surface area contributed by atoms with Crippen molar-refractivity contribution in [3.05, 3.63) is 42.0 Å². The summed E-state index contributed by atoms with van der Waals surface area (Å²) in [5, 5.41) is 8.20. The molecule has 1 aromatic carbocycles. The van der Waals surface area contributed by atoms with Gasteiger partial charge < -0.3 is 24.3 Å². The van der Waals surface area contributed by atoms with Crippen LogP contribution in [-0.4, -0.2) is 73.3 Å². The zero-order valence-electron chi connectivity index (χ0n) is 19.5. The van der Waals surface area contributed by atoms with Crippen LogP contribution in [0.2, 0.25) is 0 Å². The lowest BCUT2D eigenvalue weighted by Crippen LogP contribution is -2.47. The number of halogens is 1. The smallest absolute Gasteiger partial charge is 0.414 e. The van der Waals surface area contributed by atoms with E-state index < -0.39 is 11.9 Å². The van der Waals surface area contributed by atoms with E-state index in [-0.39, 0.29) is 30.9 Å². The lowest BCUT2D eigenvalue weighted by molar-refractivity contribution is -0.133. The molecule has 1 aromatic heterocycles. The van der Waals surface area contributed by atoms with E-state index in [1.807, 2.05) is 4.90 Å². The maximum absolute atomic E-state index is 15.1. The van der Waals surface area contributed by atoms with Crippen LogP contribution in [0, 0.1) is 5.82 Å². The summed E-state index contributed by atoms with van der Waals surface area (Å²) in [5.74, 6) is -0.547. The Morgan fingerprint density at radius 1 is 1.29 bits per heavy atom. The Hall–Kier alpha value is -3.51. The number of hydrogen-bond donors (Lipinski definition) is 2. The van der Waals surface area contributed by atoms with Crippen LogP contribution in [0.4, 0.5) is 20.6 Å². The standard InChI is InChI=1S/C23H29FN6O5/c1-16(31)2-4-19-14-29(23(33)35-19)18-3-5-21(20(24)10-18)28-7-6-26-30(9-8-28)22(32)13-25-11-17-12-27-34-15-17/h3,5,10,12,15,19,25-26H,2,4,6-9,11,13-14H2,1H3/t19-/m0/s1. The first-order valence-electron chi connectivity index (χ1n) is 11.6. The highest BCUT2D eigenvalue weighted by atomic mass is 19.1. The fraction of sp³-hybridized carbons (Fsp3) is 0.478. The number of amides is 2. The Kier molecular flexibility index (Phi) is 7.93. The third-order valence-electron chi connectivity index (χ3n) is 5.94. The van der Waals surface area contributed by atoms with Gasteiger partial charge in [0.05, 0.1) is 37.2 Å². The first kappa shape index (κ1) is 24.6. The van der Waals surface area contributed by atoms with E-state index in [0.717, 1.165) is 5.56 Å². The number of anilines is 2. The second kappa shape index (κ2) is 11.3. The number of benzene rings is 1. The van der Waals surface area contributed by atoms with Gasteiger partial charge in [-0.15, -0.1) is 0 Å². The largest absolute Gasteiger partial charge is 0.444 e. The predicted octanol–water partition coefficient (Wildman–Crippen LogP) is 1.45. The van der Waals surface area contributed by atoms with Crippen LogP contribution < -0.4 is 20.5 Å². The van der Waals surface area contributed by atoms with Crippen molar-refractivity contribution in [2.75, 3.05) is 49.1 Å². The Bertz CT molecular complexity index is 1050. The van der Waals surface area contributed by atoms with Crippen molar-refractivity contribution in [3.8, 4) is 0 Å². The number of Topliss-reactive ketones (excluding diaryl/α,β-unsaturated/α-hetero) is 1. The molecule has 2 aromatic rings. The van der Waals surface area contributed by atoms with Gasteiger partial charge in [0.2, 0.25) is 0 Å². The Labute approximate surface area is 202 Å². The second-order valence-corrected chi connectivity index (χ2v) is 8.57. The molecule has 0 bridgehead atoms. The zero-order valence-corrected chi connectivity index (χ0v) is 19.5. The Morgan fingerprint density at radius 3 is 2.89 bits per heavy atom. The molecule has 0 saturated carbocycles. The van der Waals surface area contributed by atoms with Crippen molar-refractivity contribution < 1.29 is 28.0 Å². The molecule has 0 unspecified atom stereocenters. The maximum atomic E-state index is 15.1. The quantitative estimate of drug-likeness (QED) is 0.540. The highest BCUT2D eigenvalue weighted by molar-refractivity contribution is 5.90. The van der Waals surface area contributed by atoms with Crippen molar-refractivity contribution in [2.24, 2.45) is 0 Å². The van der Waals surface area contributed by atoms with E-state index in [1.54, 1.807) is 18.3 Å². The summed E-state index contributed by atoms with van der Waals surface area (Å²) in [5.41, 5.74) is 4.74. The van der Waals surface area contributed by atoms with Gasteiger partial charge >= 0.3 is 6.09 Å². The summed E-state index contributed by atoms with van der Waals surface area (Å²) in [4.78, 5) is 39.2. The molecule has 35 heavy (non-hydrogen) atoms. The highest BCUT2D eigenvalue weighted by Crippen LogP contribution is 2.29. The van der Waals surface area contributed by atoms with Gasteiger partial charge in [0.25, 0.3) is 5.91 Å². The van der Waals surface area contributed by atoms with Gasteiger partial charge in [-0.05, 0) is 31.5 Å². The molecule has 0 aliphatic carbocycles. The molecular formula is C23H29FN6O5.